The highest BCUT2D eigenvalue weighted by Crippen LogP contribution is 2.19. The molecule has 2 aromatic heterocycles. The molecule has 0 saturated carbocycles. The summed E-state index contributed by atoms with van der Waals surface area (Å²) in [5.74, 6) is 0.624. The summed E-state index contributed by atoms with van der Waals surface area (Å²) in [7, 11) is 0. The largest absolute Gasteiger partial charge is 0.338 e. The zero-order valence-electron chi connectivity index (χ0n) is 14.9. The second kappa shape index (κ2) is 7.30. The minimum Gasteiger partial charge on any atom is -0.338 e. The monoisotopic (exact) mass is 329 g/mol. The van der Waals surface area contributed by atoms with Crippen LogP contribution in [-0.4, -0.2) is 56.5 Å². The van der Waals surface area contributed by atoms with Crippen molar-refractivity contribution < 1.29 is 4.79 Å². The quantitative estimate of drug-likeness (QED) is 0.845. The van der Waals surface area contributed by atoms with Gasteiger partial charge in [-0.3, -0.25) is 9.69 Å². The van der Waals surface area contributed by atoms with Gasteiger partial charge in [0.05, 0.1) is 6.20 Å². The van der Waals surface area contributed by atoms with Gasteiger partial charge in [-0.1, -0.05) is 20.8 Å². The summed E-state index contributed by atoms with van der Waals surface area (Å²) in [6.45, 7) is 11.0. The van der Waals surface area contributed by atoms with Crippen LogP contribution in [0.2, 0.25) is 0 Å². The van der Waals surface area contributed by atoms with Gasteiger partial charge in [-0.25, -0.2) is 9.50 Å². The first-order chi connectivity index (χ1) is 11.6. The van der Waals surface area contributed by atoms with E-state index in [1.54, 1.807) is 10.7 Å². The van der Waals surface area contributed by atoms with Gasteiger partial charge in [0.25, 0.3) is 5.91 Å². The summed E-state index contributed by atoms with van der Waals surface area (Å²) in [6.07, 6.45) is 7.78. The molecule has 2 aromatic rings. The Morgan fingerprint density at radius 3 is 2.83 bits per heavy atom. The fourth-order valence-corrected chi connectivity index (χ4v) is 3.40. The van der Waals surface area contributed by atoms with Crippen molar-refractivity contribution in [1.29, 1.82) is 0 Å². The van der Waals surface area contributed by atoms with E-state index >= 15 is 0 Å². The zero-order valence-corrected chi connectivity index (χ0v) is 14.9. The molecule has 6 heteroatoms. The fraction of sp³-hybridized carbons (Fsp3) is 0.611. The first-order valence-electron chi connectivity index (χ1n) is 8.96. The van der Waals surface area contributed by atoms with Gasteiger partial charge >= 0.3 is 0 Å². The number of rotatable bonds is 5. The normalized spacial score (nSPS) is 18.5. The summed E-state index contributed by atoms with van der Waals surface area (Å²) in [5, 5.41) is 4.36. The smallest absolute Gasteiger partial charge is 0.259 e. The molecule has 1 amide bonds. The number of piperidine rings is 1. The highest BCUT2D eigenvalue weighted by molar-refractivity contribution is 5.99. The maximum absolute atomic E-state index is 12.8. The van der Waals surface area contributed by atoms with Crippen LogP contribution in [0.1, 0.15) is 49.5 Å². The lowest BCUT2D eigenvalue weighted by Crippen LogP contribution is -2.39. The predicted octanol–water partition coefficient (Wildman–Crippen LogP) is 2.44. The third kappa shape index (κ3) is 3.43. The highest BCUT2D eigenvalue weighted by atomic mass is 16.2. The fourth-order valence-electron chi connectivity index (χ4n) is 3.40. The van der Waals surface area contributed by atoms with Crippen molar-refractivity contribution in [3.05, 3.63) is 29.7 Å². The van der Waals surface area contributed by atoms with Crippen LogP contribution < -0.4 is 0 Å². The van der Waals surface area contributed by atoms with Gasteiger partial charge in [-0.2, -0.15) is 5.10 Å². The molecule has 0 aromatic carbocycles. The molecule has 1 saturated heterocycles. The van der Waals surface area contributed by atoms with E-state index in [1.807, 2.05) is 17.3 Å². The SMILES string of the molecule is CCN(CC)Cc1cnc2c(C(=O)N3CCC[C@H](C)C3)cnn2c1. The Bertz CT molecular complexity index is 706. The van der Waals surface area contributed by atoms with E-state index in [-0.39, 0.29) is 5.91 Å². The van der Waals surface area contributed by atoms with Gasteiger partial charge in [-0.05, 0) is 31.8 Å². The van der Waals surface area contributed by atoms with E-state index in [0.717, 1.165) is 44.7 Å². The summed E-state index contributed by atoms with van der Waals surface area (Å²) in [5.41, 5.74) is 2.37. The Balaban J connectivity index is 1.81. The number of hydrogen-bond acceptors (Lipinski definition) is 4. The van der Waals surface area contributed by atoms with Crippen LogP contribution in [0.3, 0.4) is 0 Å². The Hall–Kier alpha value is -1.95. The molecular formula is C18H27N5O. The summed E-state index contributed by atoms with van der Waals surface area (Å²) >= 11 is 0. The molecule has 0 radical (unpaired) electrons. The second-order valence-corrected chi connectivity index (χ2v) is 6.75. The van der Waals surface area contributed by atoms with E-state index in [0.29, 0.717) is 17.1 Å². The summed E-state index contributed by atoms with van der Waals surface area (Å²) < 4.78 is 1.74. The third-order valence-corrected chi connectivity index (χ3v) is 4.89. The van der Waals surface area contributed by atoms with Crippen molar-refractivity contribution >= 4 is 11.6 Å². The van der Waals surface area contributed by atoms with E-state index in [2.05, 4.69) is 35.8 Å². The number of fused-ring (bicyclic) bond motifs is 1. The van der Waals surface area contributed by atoms with Crippen molar-refractivity contribution in [2.75, 3.05) is 26.2 Å². The van der Waals surface area contributed by atoms with Gasteiger partial charge in [0.15, 0.2) is 5.65 Å². The number of likely N-dealkylation sites (tertiary alicyclic amines) is 1. The molecule has 1 atom stereocenters. The maximum Gasteiger partial charge on any atom is 0.259 e. The van der Waals surface area contributed by atoms with E-state index in [4.69, 9.17) is 0 Å². The molecule has 3 rings (SSSR count). The molecule has 0 N–H and O–H groups in total. The lowest BCUT2D eigenvalue weighted by atomic mass is 10.00. The molecule has 0 spiro atoms. The Morgan fingerprint density at radius 1 is 1.33 bits per heavy atom. The van der Waals surface area contributed by atoms with Crippen LogP contribution in [0.15, 0.2) is 18.6 Å². The standard InChI is InChI=1S/C18H27N5O/c1-4-21(5-2)12-15-9-19-17-16(10-20-23(17)13-15)18(24)22-8-6-7-14(3)11-22/h9-10,13-14H,4-8,11-12H2,1-3H3/t14-/m0/s1. The average molecular weight is 329 g/mol. The number of hydrogen-bond donors (Lipinski definition) is 0. The van der Waals surface area contributed by atoms with Crippen molar-refractivity contribution in [3.63, 3.8) is 0 Å². The van der Waals surface area contributed by atoms with Crippen molar-refractivity contribution in [3.8, 4) is 0 Å². The number of carbonyl (C=O) groups excluding carboxylic acids is 1. The number of aromatic nitrogens is 3. The summed E-state index contributed by atoms with van der Waals surface area (Å²) in [6, 6.07) is 0. The lowest BCUT2D eigenvalue weighted by Gasteiger charge is -2.30. The Kier molecular flexibility index (Phi) is 5.14. The van der Waals surface area contributed by atoms with Crippen LogP contribution in [0.5, 0.6) is 0 Å². The predicted molar refractivity (Wildman–Crippen MR) is 93.9 cm³/mol. The molecule has 0 unspecified atom stereocenters. The van der Waals surface area contributed by atoms with E-state index < -0.39 is 0 Å². The maximum atomic E-state index is 12.8. The van der Waals surface area contributed by atoms with Crippen LogP contribution >= 0.6 is 0 Å². The number of carbonyl (C=O) groups is 1. The van der Waals surface area contributed by atoms with Crippen molar-refractivity contribution in [2.24, 2.45) is 5.92 Å². The molecule has 1 fully saturated rings. The minimum absolute atomic E-state index is 0.0561. The van der Waals surface area contributed by atoms with Crippen LogP contribution in [-0.2, 0) is 6.54 Å². The highest BCUT2D eigenvalue weighted by Gasteiger charge is 2.25. The average Bonchev–Trinajstić information content (AvgIpc) is 3.02. The van der Waals surface area contributed by atoms with Gasteiger partial charge in [0.1, 0.15) is 5.56 Å². The molecular weight excluding hydrogens is 302 g/mol. The van der Waals surface area contributed by atoms with Crippen molar-refractivity contribution in [2.45, 2.75) is 40.2 Å². The first-order valence-corrected chi connectivity index (χ1v) is 8.96. The topological polar surface area (TPSA) is 53.7 Å². The zero-order chi connectivity index (χ0) is 17.1. The van der Waals surface area contributed by atoms with Gasteiger partial charge in [-0.15, -0.1) is 0 Å². The molecule has 0 bridgehead atoms. The number of nitrogens with zero attached hydrogens (tertiary/aromatic N) is 5. The second-order valence-electron chi connectivity index (χ2n) is 6.75. The lowest BCUT2D eigenvalue weighted by molar-refractivity contribution is 0.0685. The van der Waals surface area contributed by atoms with Crippen LogP contribution in [0.25, 0.3) is 5.65 Å². The minimum atomic E-state index is 0.0561. The van der Waals surface area contributed by atoms with Crippen LogP contribution in [0, 0.1) is 5.92 Å². The van der Waals surface area contributed by atoms with Gasteiger partial charge in [0, 0.05) is 37.6 Å². The van der Waals surface area contributed by atoms with Crippen LogP contribution in [0.4, 0.5) is 0 Å². The molecule has 130 valence electrons. The van der Waals surface area contributed by atoms with Gasteiger partial charge < -0.3 is 4.90 Å². The Morgan fingerprint density at radius 2 is 2.12 bits per heavy atom. The number of amides is 1. The molecule has 3 heterocycles. The first kappa shape index (κ1) is 16.9. The van der Waals surface area contributed by atoms with Gasteiger partial charge in [0.2, 0.25) is 0 Å². The molecule has 1 aliphatic rings. The molecule has 0 aliphatic carbocycles. The van der Waals surface area contributed by atoms with E-state index in [9.17, 15) is 4.79 Å². The van der Waals surface area contributed by atoms with Crippen molar-refractivity contribution in [1.82, 2.24) is 24.4 Å². The molecule has 24 heavy (non-hydrogen) atoms. The summed E-state index contributed by atoms with van der Waals surface area (Å²) in [4.78, 5) is 21.6. The molecule has 1 aliphatic heterocycles. The third-order valence-electron chi connectivity index (χ3n) is 4.89. The Labute approximate surface area is 143 Å². The molecule has 6 nitrogen and oxygen atoms in total. The van der Waals surface area contributed by atoms with E-state index in [1.165, 1.54) is 6.42 Å².